The molecule has 29 heavy (non-hydrogen) atoms. The number of anilines is 2. The first-order valence-corrected chi connectivity index (χ1v) is 9.21. The molecule has 2 heterocycles. The first-order valence-electron chi connectivity index (χ1n) is 9.21. The van der Waals surface area contributed by atoms with Gasteiger partial charge in [0.25, 0.3) is 17.7 Å². The van der Waals surface area contributed by atoms with Gasteiger partial charge in [-0.1, -0.05) is 25.3 Å². The third-order valence-corrected chi connectivity index (χ3v) is 4.75. The van der Waals surface area contributed by atoms with Gasteiger partial charge in [-0.3, -0.25) is 19.3 Å². The van der Waals surface area contributed by atoms with E-state index in [0.717, 1.165) is 16.3 Å². The van der Waals surface area contributed by atoms with Gasteiger partial charge in [-0.25, -0.2) is 0 Å². The van der Waals surface area contributed by atoms with Crippen molar-refractivity contribution in [2.24, 2.45) is 0 Å². The summed E-state index contributed by atoms with van der Waals surface area (Å²) in [5.74, 6) is -1.06. The highest BCUT2D eigenvalue weighted by Crippen LogP contribution is 2.23. The maximum absolute atomic E-state index is 12.3. The fraction of sp³-hybridized carbons (Fsp3) is 0.286. The lowest BCUT2D eigenvalue weighted by Gasteiger charge is -2.27. The number of hydrogen-bond donors (Lipinski definition) is 2. The number of morpholine rings is 1. The van der Waals surface area contributed by atoms with Crippen LogP contribution in [-0.4, -0.2) is 66.7 Å². The zero-order valence-corrected chi connectivity index (χ0v) is 16.0. The molecule has 0 bridgehead atoms. The van der Waals surface area contributed by atoms with Crippen LogP contribution < -0.4 is 10.2 Å². The van der Waals surface area contributed by atoms with Crippen molar-refractivity contribution in [3.63, 3.8) is 0 Å². The van der Waals surface area contributed by atoms with Crippen molar-refractivity contribution in [3.05, 3.63) is 60.7 Å². The monoisotopic (exact) mass is 397 g/mol. The number of imide groups is 1. The number of aliphatic hydroxyl groups excluding tert-OH is 1. The van der Waals surface area contributed by atoms with Gasteiger partial charge < -0.3 is 20.1 Å². The molecule has 3 amide bonds. The number of benzene rings is 1. The fourth-order valence-electron chi connectivity index (χ4n) is 3.24. The summed E-state index contributed by atoms with van der Waals surface area (Å²) in [4.78, 5) is 39.1. The molecule has 1 atom stereocenters. The fourth-order valence-corrected chi connectivity index (χ4v) is 3.24. The molecule has 1 saturated heterocycles. The topological polar surface area (TPSA) is 99.2 Å². The van der Waals surface area contributed by atoms with Crippen LogP contribution in [0.5, 0.6) is 0 Å². The van der Waals surface area contributed by atoms with Crippen LogP contribution in [0.1, 0.15) is 0 Å². The first kappa shape index (κ1) is 20.5. The highest BCUT2D eigenvalue weighted by molar-refractivity contribution is 6.21. The lowest BCUT2D eigenvalue weighted by atomic mass is 10.1. The summed E-state index contributed by atoms with van der Waals surface area (Å²) in [5, 5.41) is 13.3. The van der Waals surface area contributed by atoms with Crippen molar-refractivity contribution in [3.8, 4) is 0 Å². The summed E-state index contributed by atoms with van der Waals surface area (Å²) in [6, 6.07) is 7.21. The average Bonchev–Trinajstić information content (AvgIpc) is 2.96. The Bertz CT molecular complexity index is 845. The molecule has 1 aromatic rings. The average molecular weight is 397 g/mol. The van der Waals surface area contributed by atoms with Crippen molar-refractivity contribution in [2.45, 2.75) is 6.10 Å². The van der Waals surface area contributed by atoms with Crippen LogP contribution in [0.25, 0.3) is 0 Å². The molecule has 0 saturated carbocycles. The van der Waals surface area contributed by atoms with Crippen molar-refractivity contribution < 1.29 is 24.2 Å². The number of aliphatic hydroxyl groups is 1. The van der Waals surface area contributed by atoms with Gasteiger partial charge in [-0.2, -0.15) is 0 Å². The lowest BCUT2D eigenvalue weighted by Crippen LogP contribution is -2.41. The predicted octanol–water partition coefficient (Wildman–Crippen LogP) is 0.860. The van der Waals surface area contributed by atoms with Gasteiger partial charge in [0.2, 0.25) is 0 Å². The number of ether oxygens (including phenoxy) is 1. The minimum Gasteiger partial charge on any atom is -0.389 e. The summed E-state index contributed by atoms with van der Waals surface area (Å²) in [6.07, 6.45) is 1.68. The smallest absolute Gasteiger partial charge is 0.261 e. The van der Waals surface area contributed by atoms with Crippen LogP contribution in [0.2, 0.25) is 0 Å². The molecule has 152 valence electrons. The summed E-state index contributed by atoms with van der Waals surface area (Å²) in [7, 11) is 0. The van der Waals surface area contributed by atoms with Crippen molar-refractivity contribution >= 4 is 29.1 Å². The minimum absolute atomic E-state index is 0.0795. The second-order valence-corrected chi connectivity index (χ2v) is 6.64. The molecule has 2 aliphatic heterocycles. The summed E-state index contributed by atoms with van der Waals surface area (Å²) in [6.45, 7) is 8.19. The minimum atomic E-state index is -0.960. The third-order valence-electron chi connectivity index (χ3n) is 4.75. The number of carbonyl (C=O) groups excluding carboxylic acids is 3. The van der Waals surface area contributed by atoms with E-state index in [2.05, 4.69) is 18.5 Å². The summed E-state index contributed by atoms with van der Waals surface area (Å²) >= 11 is 0. The predicted molar refractivity (Wildman–Crippen MR) is 108 cm³/mol. The van der Waals surface area contributed by atoms with Crippen LogP contribution in [0.3, 0.4) is 0 Å². The maximum Gasteiger partial charge on any atom is 0.261 e. The molecule has 0 aromatic heterocycles. The molecule has 8 heteroatoms. The SMILES string of the molecule is C=CC1=C(C=C)C(=O)N(CC(O)CNc2ccc(N3CCOCC3=O)cc2)C1=O. The van der Waals surface area contributed by atoms with Gasteiger partial charge >= 0.3 is 0 Å². The van der Waals surface area contributed by atoms with E-state index in [1.54, 1.807) is 17.0 Å². The van der Waals surface area contributed by atoms with Crippen LogP contribution >= 0.6 is 0 Å². The van der Waals surface area contributed by atoms with Gasteiger partial charge in [0.15, 0.2) is 0 Å². The maximum atomic E-state index is 12.3. The molecule has 1 fully saturated rings. The van der Waals surface area contributed by atoms with E-state index in [9.17, 15) is 19.5 Å². The van der Waals surface area contributed by atoms with E-state index in [1.807, 2.05) is 12.1 Å². The molecule has 0 spiro atoms. The Labute approximate surface area is 168 Å². The molecule has 2 aliphatic rings. The van der Waals surface area contributed by atoms with Crippen molar-refractivity contribution in [1.82, 2.24) is 4.90 Å². The van der Waals surface area contributed by atoms with E-state index >= 15 is 0 Å². The van der Waals surface area contributed by atoms with Gasteiger partial charge in [-0.15, -0.1) is 0 Å². The van der Waals surface area contributed by atoms with Crippen LogP contribution in [0.15, 0.2) is 60.7 Å². The number of carbonyl (C=O) groups is 3. The molecule has 3 rings (SSSR count). The zero-order valence-electron chi connectivity index (χ0n) is 16.0. The largest absolute Gasteiger partial charge is 0.389 e. The Kier molecular flexibility index (Phi) is 6.26. The zero-order chi connectivity index (χ0) is 21.0. The van der Waals surface area contributed by atoms with E-state index in [1.165, 1.54) is 12.2 Å². The summed E-state index contributed by atoms with van der Waals surface area (Å²) in [5.41, 5.74) is 1.90. The Morgan fingerprint density at radius 2 is 1.72 bits per heavy atom. The van der Waals surface area contributed by atoms with Crippen LogP contribution in [0, 0.1) is 0 Å². The third kappa shape index (κ3) is 4.28. The lowest BCUT2D eigenvalue weighted by molar-refractivity contribution is -0.138. The summed E-state index contributed by atoms with van der Waals surface area (Å²) < 4.78 is 5.12. The number of nitrogens with one attached hydrogen (secondary N) is 1. The molecular formula is C21H23N3O5. The van der Waals surface area contributed by atoms with E-state index in [4.69, 9.17) is 4.74 Å². The Balaban J connectivity index is 1.55. The molecule has 0 aliphatic carbocycles. The normalized spacial score (nSPS) is 18.3. The molecule has 2 N–H and O–H groups in total. The quantitative estimate of drug-likeness (QED) is 0.632. The number of nitrogens with zero attached hydrogens (tertiary/aromatic N) is 2. The number of amides is 3. The number of hydrogen-bond acceptors (Lipinski definition) is 6. The van der Waals surface area contributed by atoms with Crippen LogP contribution in [0.4, 0.5) is 11.4 Å². The van der Waals surface area contributed by atoms with E-state index < -0.39 is 17.9 Å². The molecule has 1 unspecified atom stereocenters. The second kappa shape index (κ2) is 8.85. The molecule has 8 nitrogen and oxygen atoms in total. The standard InChI is InChI=1S/C21H23N3O5/c1-3-17-18(4-2)21(28)24(20(17)27)12-16(25)11-22-14-5-7-15(8-6-14)23-9-10-29-13-19(23)26/h3-8,16,22,25H,1-2,9-13H2. The van der Waals surface area contributed by atoms with E-state index in [-0.39, 0.29) is 36.7 Å². The van der Waals surface area contributed by atoms with Crippen LogP contribution in [-0.2, 0) is 19.1 Å². The van der Waals surface area contributed by atoms with Gasteiger partial charge in [0, 0.05) is 24.5 Å². The highest BCUT2D eigenvalue weighted by atomic mass is 16.5. The highest BCUT2D eigenvalue weighted by Gasteiger charge is 2.36. The molecular weight excluding hydrogens is 374 g/mol. The first-order chi connectivity index (χ1) is 14.0. The Morgan fingerprint density at radius 1 is 1.10 bits per heavy atom. The van der Waals surface area contributed by atoms with Gasteiger partial charge in [-0.05, 0) is 24.3 Å². The van der Waals surface area contributed by atoms with Gasteiger partial charge in [0.1, 0.15) is 6.61 Å². The van der Waals surface area contributed by atoms with E-state index in [0.29, 0.717) is 13.2 Å². The van der Waals surface area contributed by atoms with Crippen molar-refractivity contribution in [2.75, 3.05) is 43.1 Å². The van der Waals surface area contributed by atoms with Crippen molar-refractivity contribution in [1.29, 1.82) is 0 Å². The Morgan fingerprint density at radius 3 is 2.28 bits per heavy atom. The molecule has 1 aromatic carbocycles. The van der Waals surface area contributed by atoms with Gasteiger partial charge in [0.05, 0.1) is 30.4 Å². The molecule has 0 radical (unpaired) electrons. The number of rotatable bonds is 8. The Hall–Kier alpha value is -3.23. The second-order valence-electron chi connectivity index (χ2n) is 6.64. The number of β-amino-alcohol motifs (C(OH)–C–C–N with tert-alkyl or cyclic N) is 1.